The van der Waals surface area contributed by atoms with Gasteiger partial charge in [-0.15, -0.1) is 0 Å². The summed E-state index contributed by atoms with van der Waals surface area (Å²) in [7, 11) is 0. The molecule has 30 heavy (non-hydrogen) atoms. The quantitative estimate of drug-likeness (QED) is 0.611. The van der Waals surface area contributed by atoms with Crippen LogP contribution in [0.4, 0.5) is 4.39 Å². The maximum absolute atomic E-state index is 14.3. The van der Waals surface area contributed by atoms with Crippen LogP contribution in [0.1, 0.15) is 45.2 Å². The molecule has 1 atom stereocenters. The molecule has 2 rings (SSSR count). The number of carbonyl (C=O) groups is 2. The molecule has 0 radical (unpaired) electrons. The molecule has 0 saturated heterocycles. The normalized spacial score (nSPS) is 12.4. The van der Waals surface area contributed by atoms with Gasteiger partial charge < -0.3 is 10.2 Å². The lowest BCUT2D eigenvalue weighted by Gasteiger charge is -2.33. The lowest BCUT2D eigenvalue weighted by atomic mass is 10.0. The number of halogens is 3. The minimum Gasteiger partial charge on any atom is -0.350 e. The number of hydrogen-bond acceptors (Lipinski definition) is 2. The third-order valence-electron chi connectivity index (χ3n) is 4.57. The van der Waals surface area contributed by atoms with Crippen LogP contribution in [0.3, 0.4) is 0 Å². The fraction of sp³-hybridized carbons (Fsp3) is 0.391. The summed E-state index contributed by atoms with van der Waals surface area (Å²) in [4.78, 5) is 27.7. The predicted octanol–water partition coefficient (Wildman–Crippen LogP) is 5.40. The Hall–Kier alpha value is -2.11. The van der Waals surface area contributed by atoms with Gasteiger partial charge in [0.05, 0.1) is 6.42 Å². The predicted molar refractivity (Wildman–Crippen MR) is 119 cm³/mol. The SMILES string of the molecule is CCC(C(=O)NC(C)(C)C)N(Cc1ccccc1Cl)C(=O)Cc1c(F)cccc1Cl. The van der Waals surface area contributed by atoms with E-state index in [1.165, 1.54) is 23.1 Å². The van der Waals surface area contributed by atoms with Crippen LogP contribution in [-0.4, -0.2) is 28.3 Å². The fourth-order valence-electron chi connectivity index (χ4n) is 3.14. The Labute approximate surface area is 187 Å². The highest BCUT2D eigenvalue weighted by atomic mass is 35.5. The standard InChI is InChI=1S/C23H27Cl2FN2O2/c1-5-20(22(30)27-23(2,3)4)28(14-15-9-6-7-10-17(15)24)21(29)13-16-18(25)11-8-12-19(16)26/h6-12,20H,5,13-14H2,1-4H3,(H,27,30). The number of nitrogens with one attached hydrogen (secondary N) is 1. The summed E-state index contributed by atoms with van der Waals surface area (Å²) in [5, 5.41) is 3.59. The van der Waals surface area contributed by atoms with E-state index < -0.39 is 23.3 Å². The van der Waals surface area contributed by atoms with E-state index >= 15 is 0 Å². The van der Waals surface area contributed by atoms with E-state index in [-0.39, 0.29) is 29.5 Å². The van der Waals surface area contributed by atoms with Gasteiger partial charge in [0.15, 0.2) is 0 Å². The molecule has 7 heteroatoms. The highest BCUT2D eigenvalue weighted by Gasteiger charge is 2.31. The fourth-order valence-corrected chi connectivity index (χ4v) is 3.56. The minimum atomic E-state index is -0.737. The maximum Gasteiger partial charge on any atom is 0.243 e. The zero-order valence-corrected chi connectivity index (χ0v) is 19.1. The molecule has 162 valence electrons. The van der Waals surface area contributed by atoms with Crippen LogP contribution < -0.4 is 5.32 Å². The molecule has 0 aliphatic rings. The number of nitrogens with zero attached hydrogens (tertiary/aromatic N) is 1. The third-order valence-corrected chi connectivity index (χ3v) is 5.30. The molecule has 0 bridgehead atoms. The Balaban J connectivity index is 2.40. The molecule has 0 aliphatic carbocycles. The van der Waals surface area contributed by atoms with Gasteiger partial charge in [0.25, 0.3) is 0 Å². The van der Waals surface area contributed by atoms with Gasteiger partial charge in [-0.25, -0.2) is 4.39 Å². The second kappa shape index (κ2) is 10.3. The third kappa shape index (κ3) is 6.44. The largest absolute Gasteiger partial charge is 0.350 e. The molecule has 2 aromatic carbocycles. The summed E-state index contributed by atoms with van der Waals surface area (Å²) in [6.07, 6.45) is 0.137. The van der Waals surface area contributed by atoms with Crippen molar-refractivity contribution >= 4 is 35.0 Å². The van der Waals surface area contributed by atoms with Crippen molar-refractivity contribution in [1.29, 1.82) is 0 Å². The lowest BCUT2D eigenvalue weighted by Crippen LogP contribution is -2.53. The average molecular weight is 453 g/mol. The highest BCUT2D eigenvalue weighted by Crippen LogP contribution is 2.24. The van der Waals surface area contributed by atoms with Gasteiger partial charge in [0, 0.05) is 27.7 Å². The Morgan fingerprint density at radius 2 is 1.70 bits per heavy atom. The number of rotatable bonds is 7. The molecule has 2 amide bonds. The van der Waals surface area contributed by atoms with E-state index in [1.54, 1.807) is 18.2 Å². The summed E-state index contributed by atoms with van der Waals surface area (Å²) in [6, 6.07) is 10.7. The second-order valence-corrected chi connectivity index (χ2v) is 8.97. The van der Waals surface area contributed by atoms with Crippen molar-refractivity contribution in [3.05, 3.63) is 69.5 Å². The van der Waals surface area contributed by atoms with Crippen molar-refractivity contribution in [3.63, 3.8) is 0 Å². The summed E-state index contributed by atoms with van der Waals surface area (Å²) in [6.45, 7) is 7.57. The molecule has 4 nitrogen and oxygen atoms in total. The van der Waals surface area contributed by atoms with E-state index in [4.69, 9.17) is 23.2 Å². The number of amides is 2. The Morgan fingerprint density at radius 3 is 2.27 bits per heavy atom. The van der Waals surface area contributed by atoms with Gasteiger partial charge in [-0.05, 0) is 51.0 Å². The van der Waals surface area contributed by atoms with E-state index in [0.717, 1.165) is 0 Å². The average Bonchev–Trinajstić information content (AvgIpc) is 2.64. The van der Waals surface area contributed by atoms with Crippen LogP contribution in [0.15, 0.2) is 42.5 Å². The van der Waals surface area contributed by atoms with E-state index in [9.17, 15) is 14.0 Å². The maximum atomic E-state index is 14.3. The summed E-state index contributed by atoms with van der Waals surface area (Å²) in [5.41, 5.74) is 0.354. The molecule has 0 heterocycles. The van der Waals surface area contributed by atoms with Crippen molar-refractivity contribution in [2.24, 2.45) is 0 Å². The van der Waals surface area contributed by atoms with Crippen LogP contribution >= 0.6 is 23.2 Å². The van der Waals surface area contributed by atoms with Crippen molar-refractivity contribution in [2.75, 3.05) is 0 Å². The summed E-state index contributed by atoms with van der Waals surface area (Å²) >= 11 is 12.4. The van der Waals surface area contributed by atoms with Crippen molar-refractivity contribution in [3.8, 4) is 0 Å². The van der Waals surface area contributed by atoms with E-state index in [0.29, 0.717) is 17.0 Å². The zero-order valence-electron chi connectivity index (χ0n) is 17.6. The van der Waals surface area contributed by atoms with E-state index in [1.807, 2.05) is 33.8 Å². The molecule has 2 aromatic rings. The second-order valence-electron chi connectivity index (χ2n) is 8.15. The number of benzene rings is 2. The topological polar surface area (TPSA) is 49.4 Å². The smallest absolute Gasteiger partial charge is 0.243 e. The minimum absolute atomic E-state index is 0.111. The Kier molecular flexibility index (Phi) is 8.27. The first-order valence-corrected chi connectivity index (χ1v) is 10.6. The monoisotopic (exact) mass is 452 g/mol. The lowest BCUT2D eigenvalue weighted by molar-refractivity contribution is -0.141. The van der Waals surface area contributed by atoms with Gasteiger partial charge in [-0.2, -0.15) is 0 Å². The summed E-state index contributed by atoms with van der Waals surface area (Å²) in [5.74, 6) is -1.23. The first kappa shape index (κ1) is 24.2. The molecule has 0 fully saturated rings. The van der Waals surface area contributed by atoms with Crippen molar-refractivity contribution < 1.29 is 14.0 Å². The Morgan fingerprint density at radius 1 is 1.07 bits per heavy atom. The number of carbonyl (C=O) groups excluding carboxylic acids is 2. The van der Waals surface area contributed by atoms with Crippen LogP contribution in [0.5, 0.6) is 0 Å². The molecule has 0 saturated carbocycles. The first-order valence-electron chi connectivity index (χ1n) is 9.81. The van der Waals surface area contributed by atoms with Crippen LogP contribution in [0, 0.1) is 5.82 Å². The van der Waals surface area contributed by atoms with Gasteiger partial charge in [0.1, 0.15) is 11.9 Å². The molecule has 0 spiro atoms. The Bertz CT molecular complexity index is 892. The van der Waals surface area contributed by atoms with Gasteiger partial charge in [-0.1, -0.05) is 54.4 Å². The molecular weight excluding hydrogens is 426 g/mol. The van der Waals surface area contributed by atoms with Crippen LogP contribution in [0.2, 0.25) is 10.0 Å². The molecule has 0 aromatic heterocycles. The number of hydrogen-bond donors (Lipinski definition) is 1. The highest BCUT2D eigenvalue weighted by molar-refractivity contribution is 6.31. The van der Waals surface area contributed by atoms with Gasteiger partial charge in [-0.3, -0.25) is 9.59 Å². The summed E-state index contributed by atoms with van der Waals surface area (Å²) < 4.78 is 14.3. The van der Waals surface area contributed by atoms with Crippen molar-refractivity contribution in [1.82, 2.24) is 10.2 Å². The van der Waals surface area contributed by atoms with Crippen molar-refractivity contribution in [2.45, 2.75) is 58.7 Å². The van der Waals surface area contributed by atoms with Gasteiger partial charge in [0.2, 0.25) is 11.8 Å². The van der Waals surface area contributed by atoms with E-state index in [2.05, 4.69) is 5.32 Å². The van der Waals surface area contributed by atoms with Crippen LogP contribution in [-0.2, 0) is 22.6 Å². The molecular formula is C23H27Cl2FN2O2. The first-order chi connectivity index (χ1) is 14.0. The zero-order chi connectivity index (χ0) is 22.5. The molecule has 1 unspecified atom stereocenters. The molecule has 1 N–H and O–H groups in total. The molecule has 0 aliphatic heterocycles. The van der Waals surface area contributed by atoms with Crippen LogP contribution in [0.25, 0.3) is 0 Å². The van der Waals surface area contributed by atoms with Gasteiger partial charge >= 0.3 is 0 Å².